The van der Waals surface area contributed by atoms with E-state index in [1.807, 2.05) is 0 Å². The number of nitrogens with zero attached hydrogens (tertiary/aromatic N) is 1. The van der Waals surface area contributed by atoms with Crippen molar-refractivity contribution in [3.05, 3.63) is 17.0 Å². The predicted octanol–water partition coefficient (Wildman–Crippen LogP) is 2.17. The van der Waals surface area contributed by atoms with Crippen LogP contribution >= 0.6 is 22.0 Å². The lowest BCUT2D eigenvalue weighted by atomic mass is 9.95. The van der Waals surface area contributed by atoms with Gasteiger partial charge in [0.2, 0.25) is 0 Å². The van der Waals surface area contributed by atoms with Crippen LogP contribution < -0.4 is 0 Å². The Morgan fingerprint density at radius 1 is 1.55 bits per heavy atom. The largest absolute Gasteiger partial charge is 0.379 e. The summed E-state index contributed by atoms with van der Waals surface area (Å²) in [4.78, 5) is 14.0. The Morgan fingerprint density at radius 2 is 2.25 bits per heavy atom. The molecule has 0 radical (unpaired) electrons. The Bertz CT molecular complexity index is 598. The monoisotopic (exact) mass is 337 g/mol. The lowest BCUT2D eigenvalue weighted by Gasteiger charge is -2.36. The number of thiophene rings is 1. The van der Waals surface area contributed by atoms with Crippen LogP contribution in [0.4, 0.5) is 0 Å². The second kappa shape index (κ2) is 6.01. The minimum atomic E-state index is -3.78. The maximum absolute atomic E-state index is 12.3. The zero-order valence-electron chi connectivity index (χ0n) is 11.2. The van der Waals surface area contributed by atoms with E-state index in [-0.39, 0.29) is 16.2 Å². The summed E-state index contributed by atoms with van der Waals surface area (Å²) in [5.41, 5.74) is 0.360. The highest BCUT2D eigenvalue weighted by molar-refractivity contribution is 8.15. The Balaban J connectivity index is 2.14. The van der Waals surface area contributed by atoms with Crippen LogP contribution in [0.25, 0.3) is 0 Å². The minimum absolute atomic E-state index is 0.00353. The molecular formula is C12H16ClNO4S2. The normalized spacial score (nSPS) is 23.9. The van der Waals surface area contributed by atoms with Crippen molar-refractivity contribution in [3.8, 4) is 0 Å². The second-order valence-corrected chi connectivity index (χ2v) is 8.59. The number of carbonyl (C=O) groups excluding carboxylic acids is 1. The van der Waals surface area contributed by atoms with Crippen molar-refractivity contribution in [1.29, 1.82) is 0 Å². The van der Waals surface area contributed by atoms with Crippen molar-refractivity contribution in [2.75, 3.05) is 20.2 Å². The number of likely N-dealkylation sites (tertiary alicyclic amines) is 1. The van der Waals surface area contributed by atoms with E-state index in [4.69, 9.17) is 15.4 Å². The molecule has 0 aliphatic carbocycles. The summed E-state index contributed by atoms with van der Waals surface area (Å²) >= 11 is 0.957. The molecule has 2 atom stereocenters. The molecular weight excluding hydrogens is 322 g/mol. The van der Waals surface area contributed by atoms with E-state index in [0.29, 0.717) is 24.6 Å². The summed E-state index contributed by atoms with van der Waals surface area (Å²) in [7, 11) is 3.13. The van der Waals surface area contributed by atoms with Gasteiger partial charge in [-0.3, -0.25) is 4.79 Å². The Morgan fingerprint density at radius 3 is 2.80 bits per heavy atom. The molecule has 0 spiro atoms. The van der Waals surface area contributed by atoms with E-state index in [2.05, 4.69) is 6.92 Å². The van der Waals surface area contributed by atoms with Gasteiger partial charge >= 0.3 is 0 Å². The van der Waals surface area contributed by atoms with Gasteiger partial charge in [0.15, 0.2) is 0 Å². The second-order valence-electron chi connectivity index (χ2n) is 4.88. The molecule has 2 unspecified atom stereocenters. The van der Waals surface area contributed by atoms with E-state index in [1.165, 1.54) is 11.4 Å². The fraction of sp³-hybridized carbons (Fsp3) is 0.583. The molecule has 1 aliphatic heterocycles. The number of methoxy groups -OCH3 is 1. The third kappa shape index (κ3) is 3.33. The van der Waals surface area contributed by atoms with Crippen molar-refractivity contribution in [2.24, 2.45) is 5.92 Å². The highest BCUT2D eigenvalue weighted by Gasteiger charge is 2.30. The van der Waals surface area contributed by atoms with E-state index in [0.717, 1.165) is 17.8 Å². The molecule has 112 valence electrons. The number of ether oxygens (including phenoxy) is 1. The van der Waals surface area contributed by atoms with Gasteiger partial charge in [0.25, 0.3) is 15.0 Å². The molecule has 1 amide bonds. The van der Waals surface area contributed by atoms with Crippen LogP contribution in [0, 0.1) is 5.92 Å². The maximum atomic E-state index is 12.3. The van der Waals surface area contributed by atoms with Crippen LogP contribution in [0.15, 0.2) is 15.7 Å². The van der Waals surface area contributed by atoms with Crippen LogP contribution in [0.5, 0.6) is 0 Å². The summed E-state index contributed by atoms with van der Waals surface area (Å²) in [6.07, 6.45) is 0.886. The molecule has 1 fully saturated rings. The lowest BCUT2D eigenvalue weighted by Crippen LogP contribution is -2.46. The van der Waals surface area contributed by atoms with E-state index in [1.54, 1.807) is 12.0 Å². The molecule has 0 saturated carbocycles. The van der Waals surface area contributed by atoms with E-state index in [9.17, 15) is 13.2 Å². The van der Waals surface area contributed by atoms with E-state index < -0.39 is 9.05 Å². The first-order chi connectivity index (χ1) is 9.32. The topological polar surface area (TPSA) is 63.7 Å². The zero-order chi connectivity index (χ0) is 14.9. The highest BCUT2D eigenvalue weighted by atomic mass is 35.7. The molecule has 1 aromatic heterocycles. The number of hydrogen-bond donors (Lipinski definition) is 0. The van der Waals surface area contributed by atoms with Gasteiger partial charge in [0.1, 0.15) is 4.21 Å². The van der Waals surface area contributed by atoms with Crippen LogP contribution in [-0.2, 0) is 13.8 Å². The van der Waals surface area contributed by atoms with Crippen LogP contribution in [0.1, 0.15) is 23.7 Å². The average Bonchev–Trinajstić information content (AvgIpc) is 2.88. The third-order valence-electron chi connectivity index (χ3n) is 3.54. The Labute approximate surface area is 126 Å². The van der Waals surface area contributed by atoms with Crippen LogP contribution in [0.3, 0.4) is 0 Å². The van der Waals surface area contributed by atoms with Crippen LogP contribution in [0.2, 0.25) is 0 Å². The number of piperidine rings is 1. The SMILES string of the molecule is COC1CN(C(=O)c2csc(S(=O)(=O)Cl)c2)CCC1C. The molecule has 8 heteroatoms. The van der Waals surface area contributed by atoms with Crippen LogP contribution in [-0.4, -0.2) is 45.5 Å². The van der Waals surface area contributed by atoms with Crippen molar-refractivity contribution in [2.45, 2.75) is 23.7 Å². The van der Waals surface area contributed by atoms with Crippen molar-refractivity contribution in [1.82, 2.24) is 4.90 Å². The van der Waals surface area contributed by atoms with Gasteiger partial charge in [0, 0.05) is 36.3 Å². The van der Waals surface area contributed by atoms with Crippen molar-refractivity contribution >= 4 is 37.0 Å². The standard InChI is InChI=1S/C12H16ClNO4S2/c1-8-3-4-14(6-10(8)18-2)12(15)9-5-11(19-7-9)20(13,16)17/h5,7-8,10H,3-4,6H2,1-2H3. The fourth-order valence-corrected chi connectivity index (χ4v) is 4.20. The molecule has 1 aliphatic rings. The van der Waals surface area contributed by atoms with Gasteiger partial charge in [-0.25, -0.2) is 8.42 Å². The van der Waals surface area contributed by atoms with Crippen molar-refractivity contribution in [3.63, 3.8) is 0 Å². The molecule has 2 rings (SSSR count). The molecule has 2 heterocycles. The third-order valence-corrected chi connectivity index (χ3v) is 6.58. The van der Waals surface area contributed by atoms with Gasteiger partial charge in [-0.15, -0.1) is 11.3 Å². The zero-order valence-corrected chi connectivity index (χ0v) is 13.6. The van der Waals surface area contributed by atoms with Gasteiger partial charge in [-0.2, -0.15) is 0 Å². The maximum Gasteiger partial charge on any atom is 0.270 e. The number of amides is 1. The summed E-state index contributed by atoms with van der Waals surface area (Å²) in [6.45, 7) is 3.27. The smallest absolute Gasteiger partial charge is 0.270 e. The number of halogens is 1. The van der Waals surface area contributed by atoms with Gasteiger partial charge < -0.3 is 9.64 Å². The molecule has 20 heavy (non-hydrogen) atoms. The van der Waals surface area contributed by atoms with Gasteiger partial charge in [0.05, 0.1) is 11.7 Å². The molecule has 0 N–H and O–H groups in total. The van der Waals surface area contributed by atoms with Crippen molar-refractivity contribution < 1.29 is 17.9 Å². The first-order valence-corrected chi connectivity index (χ1v) is 9.37. The summed E-state index contributed by atoms with van der Waals surface area (Å²) in [5.74, 6) is 0.229. The fourth-order valence-electron chi connectivity index (χ4n) is 2.26. The molecule has 5 nitrogen and oxygen atoms in total. The van der Waals surface area contributed by atoms with Gasteiger partial charge in [-0.05, 0) is 18.4 Å². The summed E-state index contributed by atoms with van der Waals surface area (Å²) in [5, 5.41) is 1.53. The molecule has 0 bridgehead atoms. The van der Waals surface area contributed by atoms with E-state index >= 15 is 0 Å². The minimum Gasteiger partial charge on any atom is -0.379 e. The number of hydrogen-bond acceptors (Lipinski definition) is 5. The molecule has 0 aromatic carbocycles. The lowest BCUT2D eigenvalue weighted by molar-refractivity contribution is -0.00155. The predicted molar refractivity (Wildman–Crippen MR) is 77.8 cm³/mol. The quantitative estimate of drug-likeness (QED) is 0.793. The Kier molecular flexibility index (Phi) is 4.73. The molecule has 1 saturated heterocycles. The average molecular weight is 338 g/mol. The first kappa shape index (κ1) is 15.8. The Hall–Kier alpha value is -0.630. The first-order valence-electron chi connectivity index (χ1n) is 6.18. The molecule has 1 aromatic rings. The highest BCUT2D eigenvalue weighted by Crippen LogP contribution is 2.26. The van der Waals surface area contributed by atoms with Gasteiger partial charge in [-0.1, -0.05) is 6.92 Å². The number of carbonyl (C=O) groups is 1. The summed E-state index contributed by atoms with van der Waals surface area (Å²) < 4.78 is 27.8. The summed E-state index contributed by atoms with van der Waals surface area (Å²) in [6, 6.07) is 1.33. The number of rotatable bonds is 3.